The van der Waals surface area contributed by atoms with Crippen LogP contribution in [0, 0.1) is 50.7 Å². The molecule has 0 spiro atoms. The number of hydrogen-bond acceptors (Lipinski definition) is 4. The molecule has 0 aromatic carbocycles. The summed E-state index contributed by atoms with van der Waals surface area (Å²) >= 11 is 0. The molecule has 0 aromatic heterocycles. The van der Waals surface area contributed by atoms with E-state index >= 15 is 0 Å². The Morgan fingerprint density at radius 2 is 1.29 bits per heavy atom. The first-order valence-corrected chi connectivity index (χ1v) is 4.27. The minimum absolute atomic E-state index is 0.0901. The van der Waals surface area contributed by atoms with Gasteiger partial charge in [0.25, 0.3) is 0 Å². The Balaban J connectivity index is 4.49. The third kappa shape index (κ3) is 3.57. The Bertz CT molecular complexity index is 313. The monoisotopic (exact) mass is 186 g/mol. The van der Waals surface area contributed by atoms with Crippen molar-refractivity contribution >= 4 is 0 Å². The van der Waals surface area contributed by atoms with E-state index in [1.165, 1.54) is 0 Å². The van der Waals surface area contributed by atoms with Crippen LogP contribution in [0.3, 0.4) is 0 Å². The molecule has 0 heterocycles. The molecular formula is C10H10N4. The molecule has 0 saturated heterocycles. The number of hydrogen-bond donors (Lipinski definition) is 0. The Labute approximate surface area is 83.6 Å². The highest BCUT2D eigenvalue weighted by Crippen LogP contribution is 2.32. The van der Waals surface area contributed by atoms with E-state index in [-0.39, 0.29) is 19.3 Å². The first-order chi connectivity index (χ1) is 6.74. The molecule has 0 N–H and O–H groups in total. The smallest absolute Gasteiger partial charge is 0.0723 e. The zero-order valence-electron chi connectivity index (χ0n) is 7.82. The summed E-state index contributed by atoms with van der Waals surface area (Å²) in [5.41, 5.74) is -0.805. The Hall–Kier alpha value is -2.04. The first kappa shape index (κ1) is 12.0. The molecule has 0 unspecified atom stereocenters. The molecule has 0 bridgehead atoms. The molecule has 0 aliphatic heterocycles. The normalized spacial score (nSPS) is 9.14. The number of rotatable bonds is 5. The molecule has 0 rings (SSSR count). The molecule has 0 radical (unpaired) electrons. The van der Waals surface area contributed by atoms with Crippen molar-refractivity contribution in [1.82, 2.24) is 0 Å². The fraction of sp³-hybridized carbons (Fsp3) is 0.600. The lowest BCUT2D eigenvalue weighted by molar-refractivity contribution is 0.351. The first-order valence-electron chi connectivity index (χ1n) is 4.27. The predicted molar refractivity (Wildman–Crippen MR) is 48.0 cm³/mol. The fourth-order valence-electron chi connectivity index (χ4n) is 1.19. The second-order valence-electron chi connectivity index (χ2n) is 3.04. The average Bonchev–Trinajstić information content (AvgIpc) is 2.22. The summed E-state index contributed by atoms with van der Waals surface area (Å²) < 4.78 is 0. The van der Waals surface area contributed by atoms with Crippen LogP contribution in [0.25, 0.3) is 0 Å². The Kier molecular flexibility index (Phi) is 5.53. The van der Waals surface area contributed by atoms with Gasteiger partial charge in [-0.2, -0.15) is 21.0 Å². The molecule has 4 heteroatoms. The van der Waals surface area contributed by atoms with Crippen molar-refractivity contribution in [3.05, 3.63) is 0 Å². The second kappa shape index (κ2) is 6.47. The highest BCUT2D eigenvalue weighted by Gasteiger charge is 2.29. The Morgan fingerprint density at radius 3 is 1.57 bits per heavy atom. The summed E-state index contributed by atoms with van der Waals surface area (Å²) in [5, 5.41) is 34.3. The van der Waals surface area contributed by atoms with Crippen LogP contribution in [-0.2, 0) is 0 Å². The van der Waals surface area contributed by atoms with E-state index in [0.717, 1.165) is 0 Å². The maximum atomic E-state index is 8.94. The van der Waals surface area contributed by atoms with Gasteiger partial charge >= 0.3 is 0 Å². The summed E-state index contributed by atoms with van der Waals surface area (Å²) in [7, 11) is 0. The van der Waals surface area contributed by atoms with Crippen molar-refractivity contribution in [2.75, 3.05) is 0 Å². The van der Waals surface area contributed by atoms with Crippen LogP contribution in [0.1, 0.15) is 32.1 Å². The summed E-state index contributed by atoms with van der Waals surface area (Å²) in [6.07, 6.45) is 1.33. The van der Waals surface area contributed by atoms with Gasteiger partial charge in [0.15, 0.2) is 0 Å². The molecule has 0 amide bonds. The van der Waals surface area contributed by atoms with Crippen LogP contribution in [-0.4, -0.2) is 0 Å². The third-order valence-electron chi connectivity index (χ3n) is 2.09. The van der Waals surface area contributed by atoms with Crippen molar-refractivity contribution < 1.29 is 0 Å². The summed E-state index contributed by atoms with van der Waals surface area (Å²) in [5.74, 6) is 0. The van der Waals surface area contributed by atoms with Crippen molar-refractivity contribution in [2.24, 2.45) is 5.41 Å². The van der Waals surface area contributed by atoms with Gasteiger partial charge in [-0.1, -0.05) is 0 Å². The maximum Gasteiger partial charge on any atom is 0.0723 e. The largest absolute Gasteiger partial charge is 0.198 e. The molecule has 0 fully saturated rings. The van der Waals surface area contributed by atoms with Crippen LogP contribution in [0.4, 0.5) is 0 Å². The third-order valence-corrected chi connectivity index (χ3v) is 2.09. The minimum Gasteiger partial charge on any atom is -0.198 e. The Morgan fingerprint density at radius 1 is 0.786 bits per heavy atom. The highest BCUT2D eigenvalue weighted by molar-refractivity contribution is 5.05. The fourth-order valence-corrected chi connectivity index (χ4v) is 1.19. The quantitative estimate of drug-likeness (QED) is 0.656. The van der Waals surface area contributed by atoms with Gasteiger partial charge in [-0.15, -0.1) is 0 Å². The van der Waals surface area contributed by atoms with Gasteiger partial charge in [-0.25, -0.2) is 0 Å². The van der Waals surface area contributed by atoms with Crippen molar-refractivity contribution in [1.29, 1.82) is 21.0 Å². The summed E-state index contributed by atoms with van der Waals surface area (Å²) in [6.45, 7) is 0. The van der Waals surface area contributed by atoms with Crippen LogP contribution in [0.15, 0.2) is 0 Å². The molecule has 0 aromatic rings. The topological polar surface area (TPSA) is 95.2 Å². The summed E-state index contributed by atoms with van der Waals surface area (Å²) in [4.78, 5) is 0. The van der Waals surface area contributed by atoms with Crippen molar-refractivity contribution in [2.45, 2.75) is 32.1 Å². The van der Waals surface area contributed by atoms with Gasteiger partial charge in [0.1, 0.15) is 0 Å². The van der Waals surface area contributed by atoms with Gasteiger partial charge in [0.2, 0.25) is 0 Å². The molecule has 0 aliphatic rings. The van der Waals surface area contributed by atoms with Gasteiger partial charge in [-0.3, -0.25) is 0 Å². The van der Waals surface area contributed by atoms with Crippen LogP contribution in [0.2, 0.25) is 0 Å². The highest BCUT2D eigenvalue weighted by atomic mass is 14.4. The van der Waals surface area contributed by atoms with Crippen molar-refractivity contribution in [3.63, 3.8) is 0 Å². The van der Waals surface area contributed by atoms with Crippen LogP contribution < -0.4 is 0 Å². The lowest BCUT2D eigenvalue weighted by Crippen LogP contribution is -2.17. The van der Waals surface area contributed by atoms with E-state index in [0.29, 0.717) is 12.8 Å². The molecule has 0 atom stereocenters. The van der Waals surface area contributed by atoms with E-state index < -0.39 is 5.41 Å². The molecular weight excluding hydrogens is 176 g/mol. The van der Waals surface area contributed by atoms with Crippen LogP contribution in [0.5, 0.6) is 0 Å². The summed E-state index contributed by atoms with van der Waals surface area (Å²) in [6, 6.07) is 7.89. The second-order valence-corrected chi connectivity index (χ2v) is 3.04. The molecule has 70 valence electrons. The zero-order valence-corrected chi connectivity index (χ0v) is 7.82. The van der Waals surface area contributed by atoms with E-state index in [9.17, 15) is 0 Å². The number of nitrogens with zero attached hydrogens (tertiary/aromatic N) is 4. The van der Waals surface area contributed by atoms with Gasteiger partial charge in [0, 0.05) is 12.8 Å². The van der Waals surface area contributed by atoms with E-state index in [1.807, 2.05) is 18.2 Å². The molecule has 0 saturated carbocycles. The van der Waals surface area contributed by atoms with Gasteiger partial charge in [-0.05, 0) is 12.8 Å². The molecule has 14 heavy (non-hydrogen) atoms. The lowest BCUT2D eigenvalue weighted by Gasteiger charge is -2.20. The predicted octanol–water partition coefficient (Wildman–Crippen LogP) is 2.02. The van der Waals surface area contributed by atoms with Crippen LogP contribution >= 0.6 is 0 Å². The van der Waals surface area contributed by atoms with E-state index in [4.69, 9.17) is 21.0 Å². The van der Waals surface area contributed by atoms with Gasteiger partial charge < -0.3 is 0 Å². The molecule has 4 nitrogen and oxygen atoms in total. The maximum absolute atomic E-state index is 8.94. The zero-order chi connectivity index (χ0) is 10.9. The van der Waals surface area contributed by atoms with Gasteiger partial charge in [0.05, 0.1) is 36.1 Å². The average molecular weight is 186 g/mol. The number of nitriles is 4. The molecule has 0 aliphatic carbocycles. The standard InChI is InChI=1S/C10H10N4/c11-6-1-3-10(9-14,5-8-13)4-2-7-12/h1-5H2. The SMILES string of the molecule is N#CCCC(C#N)(CC#N)CCC#N. The van der Waals surface area contributed by atoms with E-state index in [1.54, 1.807) is 0 Å². The van der Waals surface area contributed by atoms with E-state index in [2.05, 4.69) is 6.07 Å². The lowest BCUT2D eigenvalue weighted by atomic mass is 9.78. The minimum atomic E-state index is -0.805. The van der Waals surface area contributed by atoms with Crippen molar-refractivity contribution in [3.8, 4) is 24.3 Å².